The number of nitrogens with one attached hydrogen (secondary N) is 2. The number of sulfonamides is 1. The zero-order valence-electron chi connectivity index (χ0n) is 18.8. The standard InChI is InChI=1S/C24H28BrN3O3S2/c1-4-28(5-2)19-11-12-20(17(3)15-19)26-24(29)21(16-18-9-7-6-8-10-18)27-33(30,31)23-14-13-22(25)32-23/h6-15,21,27H,4-5,16H2,1-3H3,(H,26,29)/t21-/m1/s1. The Hall–Kier alpha value is -2.20. The topological polar surface area (TPSA) is 78.5 Å². The maximum Gasteiger partial charge on any atom is 0.250 e. The van der Waals surface area contributed by atoms with Gasteiger partial charge >= 0.3 is 0 Å². The molecule has 0 aliphatic heterocycles. The summed E-state index contributed by atoms with van der Waals surface area (Å²) in [6.07, 6.45) is 0.231. The molecule has 0 bridgehead atoms. The molecule has 33 heavy (non-hydrogen) atoms. The summed E-state index contributed by atoms with van der Waals surface area (Å²) >= 11 is 4.40. The van der Waals surface area contributed by atoms with E-state index in [2.05, 4.69) is 44.7 Å². The molecular formula is C24H28BrN3O3S2. The largest absolute Gasteiger partial charge is 0.372 e. The van der Waals surface area contributed by atoms with Crippen molar-refractivity contribution in [3.8, 4) is 0 Å². The molecule has 3 aromatic rings. The molecule has 1 atom stereocenters. The number of halogens is 1. The second-order valence-electron chi connectivity index (χ2n) is 7.58. The second-order valence-corrected chi connectivity index (χ2v) is 12.0. The molecule has 0 spiro atoms. The van der Waals surface area contributed by atoms with Crippen LogP contribution in [0.25, 0.3) is 0 Å². The maximum absolute atomic E-state index is 13.3. The maximum atomic E-state index is 13.3. The van der Waals surface area contributed by atoms with Crippen LogP contribution in [0.5, 0.6) is 0 Å². The van der Waals surface area contributed by atoms with E-state index >= 15 is 0 Å². The predicted molar refractivity (Wildman–Crippen MR) is 140 cm³/mol. The van der Waals surface area contributed by atoms with Crippen molar-refractivity contribution in [2.24, 2.45) is 0 Å². The first-order chi connectivity index (χ1) is 15.7. The summed E-state index contributed by atoms with van der Waals surface area (Å²) in [5, 5.41) is 2.92. The van der Waals surface area contributed by atoms with E-state index in [9.17, 15) is 13.2 Å². The molecule has 9 heteroatoms. The summed E-state index contributed by atoms with van der Waals surface area (Å²) < 4.78 is 29.4. The van der Waals surface area contributed by atoms with Crippen molar-refractivity contribution in [2.45, 2.75) is 37.4 Å². The van der Waals surface area contributed by atoms with Crippen molar-refractivity contribution in [1.82, 2.24) is 4.72 Å². The van der Waals surface area contributed by atoms with E-state index in [0.717, 1.165) is 41.2 Å². The minimum atomic E-state index is -3.86. The molecule has 0 fully saturated rings. The molecule has 2 N–H and O–H groups in total. The number of hydrogen-bond donors (Lipinski definition) is 2. The lowest BCUT2D eigenvalue weighted by Crippen LogP contribution is -2.45. The highest BCUT2D eigenvalue weighted by Crippen LogP contribution is 2.27. The third kappa shape index (κ3) is 6.66. The van der Waals surface area contributed by atoms with Gasteiger partial charge in [0.25, 0.3) is 10.0 Å². The molecule has 0 unspecified atom stereocenters. The van der Waals surface area contributed by atoms with Crippen LogP contribution in [0.2, 0.25) is 0 Å². The van der Waals surface area contributed by atoms with E-state index < -0.39 is 22.0 Å². The number of aryl methyl sites for hydroxylation is 1. The first-order valence-corrected chi connectivity index (χ1v) is 13.8. The molecule has 0 aliphatic carbocycles. The molecule has 0 saturated carbocycles. The fourth-order valence-corrected chi connectivity index (χ4v) is 6.74. The number of carbonyl (C=O) groups is 1. The van der Waals surface area contributed by atoms with Crippen LogP contribution in [0, 0.1) is 6.92 Å². The summed E-state index contributed by atoms with van der Waals surface area (Å²) in [7, 11) is -3.86. The van der Waals surface area contributed by atoms with Gasteiger partial charge in [-0.25, -0.2) is 8.42 Å². The Balaban J connectivity index is 1.85. The average Bonchev–Trinajstić information content (AvgIpc) is 3.24. The van der Waals surface area contributed by atoms with Crippen LogP contribution in [0.4, 0.5) is 11.4 Å². The molecular weight excluding hydrogens is 522 g/mol. The number of nitrogens with zero attached hydrogens (tertiary/aromatic N) is 1. The van der Waals surface area contributed by atoms with Gasteiger partial charge in [0.05, 0.1) is 3.79 Å². The lowest BCUT2D eigenvalue weighted by Gasteiger charge is -2.23. The fraction of sp³-hybridized carbons (Fsp3) is 0.292. The molecule has 0 radical (unpaired) electrons. The minimum Gasteiger partial charge on any atom is -0.372 e. The van der Waals surface area contributed by atoms with Crippen molar-refractivity contribution < 1.29 is 13.2 Å². The van der Waals surface area contributed by atoms with Crippen LogP contribution < -0.4 is 14.9 Å². The van der Waals surface area contributed by atoms with Crippen LogP contribution >= 0.6 is 27.3 Å². The zero-order valence-corrected chi connectivity index (χ0v) is 22.1. The van der Waals surface area contributed by atoms with Crippen LogP contribution in [-0.2, 0) is 21.2 Å². The first kappa shape index (κ1) is 25.4. The van der Waals surface area contributed by atoms with Crippen molar-refractivity contribution in [3.05, 3.63) is 75.6 Å². The quantitative estimate of drug-likeness (QED) is 0.364. The number of amides is 1. The van der Waals surface area contributed by atoms with Crippen molar-refractivity contribution in [2.75, 3.05) is 23.3 Å². The Morgan fingerprint density at radius 3 is 2.33 bits per heavy atom. The first-order valence-electron chi connectivity index (χ1n) is 10.7. The highest BCUT2D eigenvalue weighted by Gasteiger charge is 2.27. The molecule has 1 aromatic heterocycles. The van der Waals surface area contributed by atoms with E-state index in [0.29, 0.717) is 9.47 Å². The summed E-state index contributed by atoms with van der Waals surface area (Å²) in [6, 6.07) is 17.4. The van der Waals surface area contributed by atoms with Crippen molar-refractivity contribution in [3.63, 3.8) is 0 Å². The number of rotatable bonds is 10. The summed E-state index contributed by atoms with van der Waals surface area (Å²) in [4.78, 5) is 15.5. The number of hydrogen-bond acceptors (Lipinski definition) is 5. The lowest BCUT2D eigenvalue weighted by molar-refractivity contribution is -0.117. The van der Waals surface area contributed by atoms with Gasteiger partial charge in [0.1, 0.15) is 10.3 Å². The third-order valence-corrected chi connectivity index (χ3v) is 8.89. The predicted octanol–water partition coefficient (Wildman–Crippen LogP) is 5.19. The molecule has 1 amide bonds. The van der Waals surface area contributed by atoms with Crippen LogP contribution in [0.3, 0.4) is 0 Å². The SMILES string of the molecule is CCN(CC)c1ccc(NC(=O)[C@@H](Cc2ccccc2)NS(=O)(=O)c2ccc(Br)s2)c(C)c1. The Morgan fingerprint density at radius 1 is 1.06 bits per heavy atom. The highest BCUT2D eigenvalue weighted by atomic mass is 79.9. The molecule has 0 saturated heterocycles. The summed E-state index contributed by atoms with van der Waals surface area (Å²) in [5.41, 5.74) is 3.52. The summed E-state index contributed by atoms with van der Waals surface area (Å²) in [6.45, 7) is 7.91. The van der Waals surface area contributed by atoms with E-state index in [1.807, 2.05) is 55.5 Å². The van der Waals surface area contributed by atoms with Gasteiger partial charge in [0.2, 0.25) is 5.91 Å². The monoisotopic (exact) mass is 549 g/mol. The molecule has 3 rings (SSSR count). The molecule has 1 heterocycles. The van der Waals surface area contributed by atoms with Gasteiger partial charge in [-0.3, -0.25) is 4.79 Å². The Morgan fingerprint density at radius 2 is 1.76 bits per heavy atom. The molecule has 6 nitrogen and oxygen atoms in total. The minimum absolute atomic E-state index is 0.153. The smallest absolute Gasteiger partial charge is 0.250 e. The van der Waals surface area contributed by atoms with Crippen LogP contribution in [0.15, 0.2) is 68.7 Å². The van der Waals surface area contributed by atoms with Gasteiger partial charge in [-0.1, -0.05) is 30.3 Å². The third-order valence-electron chi connectivity index (χ3n) is 5.31. The van der Waals surface area contributed by atoms with Crippen LogP contribution in [-0.4, -0.2) is 33.5 Å². The van der Waals surface area contributed by atoms with Gasteiger partial charge < -0.3 is 10.2 Å². The summed E-state index contributed by atoms with van der Waals surface area (Å²) in [5.74, 6) is -0.406. The van der Waals surface area contributed by atoms with Gasteiger partial charge in [-0.2, -0.15) is 4.72 Å². The Kier molecular flexibility index (Phi) is 8.69. The molecule has 0 aliphatic rings. The highest BCUT2D eigenvalue weighted by molar-refractivity contribution is 9.11. The Labute approximate surface area is 208 Å². The van der Waals surface area contributed by atoms with Crippen molar-refractivity contribution in [1.29, 1.82) is 0 Å². The van der Waals surface area contributed by atoms with Crippen molar-refractivity contribution >= 4 is 54.6 Å². The number of thiophene rings is 1. The van der Waals surface area contributed by atoms with Gasteiger partial charge in [-0.05, 0) is 84.6 Å². The number of carbonyl (C=O) groups excluding carboxylic acids is 1. The van der Waals surface area contributed by atoms with Gasteiger partial charge in [0.15, 0.2) is 0 Å². The normalized spacial score (nSPS) is 12.4. The van der Waals surface area contributed by atoms with Crippen LogP contribution in [0.1, 0.15) is 25.0 Å². The average molecular weight is 551 g/mol. The van der Waals surface area contributed by atoms with E-state index in [-0.39, 0.29) is 10.6 Å². The van der Waals surface area contributed by atoms with E-state index in [4.69, 9.17) is 0 Å². The van der Waals surface area contributed by atoms with Gasteiger partial charge in [0, 0.05) is 24.5 Å². The van der Waals surface area contributed by atoms with Gasteiger partial charge in [-0.15, -0.1) is 11.3 Å². The van der Waals surface area contributed by atoms with E-state index in [1.54, 1.807) is 6.07 Å². The lowest BCUT2D eigenvalue weighted by atomic mass is 10.1. The second kappa shape index (κ2) is 11.3. The zero-order chi connectivity index (χ0) is 24.0. The molecule has 176 valence electrons. The Bertz CT molecular complexity index is 1190. The number of anilines is 2. The van der Waals surface area contributed by atoms with E-state index in [1.165, 1.54) is 6.07 Å². The molecule has 2 aromatic carbocycles. The number of benzene rings is 2. The fourth-order valence-electron chi connectivity index (χ4n) is 3.52.